The van der Waals surface area contributed by atoms with E-state index in [-0.39, 0.29) is 23.1 Å². The van der Waals surface area contributed by atoms with Crippen LogP contribution in [0.25, 0.3) is 0 Å². The Bertz CT molecular complexity index is 1340. The summed E-state index contributed by atoms with van der Waals surface area (Å²) < 4.78 is 60.0. The van der Waals surface area contributed by atoms with Gasteiger partial charge in [-0.3, -0.25) is 9.62 Å². The molecule has 36 heavy (non-hydrogen) atoms. The zero-order chi connectivity index (χ0) is 25.3. The normalized spacial score (nSPS) is 21.4. The molecule has 2 aliphatic rings. The summed E-state index contributed by atoms with van der Waals surface area (Å²) in [6, 6.07) is 21.3. The van der Waals surface area contributed by atoms with E-state index in [0.717, 1.165) is 17.7 Å². The van der Waals surface area contributed by atoms with Gasteiger partial charge in [-0.05, 0) is 61.6 Å². The number of amides is 1. The van der Waals surface area contributed by atoms with Crippen LogP contribution in [0.2, 0.25) is 0 Å². The van der Waals surface area contributed by atoms with Gasteiger partial charge in [0.05, 0.1) is 10.6 Å². The van der Waals surface area contributed by atoms with Crippen molar-refractivity contribution in [2.24, 2.45) is 0 Å². The molecule has 1 fully saturated rings. The van der Waals surface area contributed by atoms with Crippen molar-refractivity contribution in [2.45, 2.75) is 48.5 Å². The lowest BCUT2D eigenvalue weighted by molar-refractivity contribution is 0.0692. The molecule has 1 heterocycles. The molecule has 0 unspecified atom stereocenters. The maximum Gasteiger partial charge on any atom is 0.411 e. The highest BCUT2D eigenvalue weighted by Crippen LogP contribution is 2.51. The smallest absolute Gasteiger partial charge is 0.411 e. The first-order valence-corrected chi connectivity index (χ1v) is 13.3. The van der Waals surface area contributed by atoms with Crippen molar-refractivity contribution in [3.8, 4) is 0 Å². The average molecular weight is 513 g/mol. The van der Waals surface area contributed by atoms with E-state index in [2.05, 4.69) is 5.32 Å². The lowest BCUT2D eigenvalue weighted by Gasteiger charge is -2.37. The number of benzene rings is 3. The largest absolute Gasteiger partial charge is 0.446 e. The third-order valence-electron chi connectivity index (χ3n) is 7.09. The highest BCUT2D eigenvalue weighted by molar-refractivity contribution is 7.92. The minimum absolute atomic E-state index is 0.0200. The minimum Gasteiger partial charge on any atom is -0.446 e. The van der Waals surface area contributed by atoms with Gasteiger partial charge >= 0.3 is 6.09 Å². The van der Waals surface area contributed by atoms with Crippen LogP contribution in [0.4, 0.5) is 25.0 Å². The second-order valence-corrected chi connectivity index (χ2v) is 11.1. The Balaban J connectivity index is 1.32. The second-order valence-electron chi connectivity index (χ2n) is 9.27. The molecule has 0 bridgehead atoms. The molecule has 9 heteroatoms. The first-order chi connectivity index (χ1) is 17.3. The van der Waals surface area contributed by atoms with Crippen LogP contribution >= 0.6 is 0 Å². The van der Waals surface area contributed by atoms with Crippen molar-refractivity contribution in [1.29, 1.82) is 0 Å². The molecular weight excluding hydrogens is 486 g/mol. The molecule has 3 aromatic carbocycles. The first-order valence-electron chi connectivity index (χ1n) is 11.8. The fraction of sp³-hybridized carbons (Fsp3) is 0.296. The van der Waals surface area contributed by atoms with Crippen molar-refractivity contribution >= 4 is 27.5 Å². The lowest BCUT2D eigenvalue weighted by Crippen LogP contribution is -2.41. The monoisotopic (exact) mass is 512 g/mol. The Morgan fingerprint density at radius 2 is 1.58 bits per heavy atom. The van der Waals surface area contributed by atoms with Crippen molar-refractivity contribution < 1.29 is 26.7 Å². The van der Waals surface area contributed by atoms with Gasteiger partial charge in [-0.1, -0.05) is 48.5 Å². The van der Waals surface area contributed by atoms with Crippen LogP contribution < -0.4 is 9.62 Å². The molecule has 0 atom stereocenters. The molecule has 1 N–H and O–H groups in total. The van der Waals surface area contributed by atoms with Crippen LogP contribution in [-0.4, -0.2) is 27.2 Å². The molecule has 1 saturated carbocycles. The third-order valence-corrected chi connectivity index (χ3v) is 8.87. The van der Waals surface area contributed by atoms with Gasteiger partial charge in [0, 0.05) is 23.2 Å². The fourth-order valence-corrected chi connectivity index (χ4v) is 6.79. The molecular formula is C27H26F2N2O4S. The Morgan fingerprint density at radius 1 is 0.944 bits per heavy atom. The van der Waals surface area contributed by atoms with Gasteiger partial charge in [-0.2, -0.15) is 0 Å². The molecule has 1 amide bonds. The van der Waals surface area contributed by atoms with E-state index in [1.165, 1.54) is 16.4 Å². The Labute approximate surface area is 208 Å². The highest BCUT2D eigenvalue weighted by Gasteiger charge is 2.48. The van der Waals surface area contributed by atoms with Gasteiger partial charge in [-0.25, -0.2) is 22.0 Å². The standard InChI is InChI=1S/C27H26F2N2O4S/c28-25(29)19-10-12-22(13-11-19)36(33,34)31-18-27(23-8-4-5-9-24(23)31)16-14-21(15-17-27)35-26(32)30-20-6-2-1-3-7-20/h1-13,21,25H,14-18H2,(H,30,32). The molecule has 1 aliphatic carbocycles. The first kappa shape index (κ1) is 24.2. The third kappa shape index (κ3) is 4.55. The van der Waals surface area contributed by atoms with E-state index in [4.69, 9.17) is 4.74 Å². The summed E-state index contributed by atoms with van der Waals surface area (Å²) in [5, 5.41) is 2.73. The summed E-state index contributed by atoms with van der Waals surface area (Å²) in [7, 11) is -3.94. The number of nitrogens with one attached hydrogen (secondary N) is 1. The summed E-state index contributed by atoms with van der Waals surface area (Å²) in [5.74, 6) is 0. The molecule has 1 aliphatic heterocycles. The Morgan fingerprint density at radius 3 is 2.25 bits per heavy atom. The number of halogens is 2. The van der Waals surface area contributed by atoms with E-state index in [1.807, 2.05) is 30.3 Å². The van der Waals surface area contributed by atoms with Crippen molar-refractivity contribution in [2.75, 3.05) is 16.2 Å². The Hall–Kier alpha value is -3.46. The van der Waals surface area contributed by atoms with Gasteiger partial charge in [0.15, 0.2) is 0 Å². The number of alkyl halides is 2. The quantitative estimate of drug-likeness (QED) is 0.438. The van der Waals surface area contributed by atoms with Gasteiger partial charge in [-0.15, -0.1) is 0 Å². The summed E-state index contributed by atoms with van der Waals surface area (Å²) in [5.41, 5.74) is 1.59. The van der Waals surface area contributed by atoms with Gasteiger partial charge in [0.1, 0.15) is 6.10 Å². The van der Waals surface area contributed by atoms with E-state index in [9.17, 15) is 22.0 Å². The van der Waals surface area contributed by atoms with E-state index < -0.39 is 28.0 Å². The topological polar surface area (TPSA) is 75.7 Å². The van der Waals surface area contributed by atoms with Crippen molar-refractivity contribution in [3.05, 3.63) is 90.0 Å². The van der Waals surface area contributed by atoms with Gasteiger partial charge < -0.3 is 4.74 Å². The number of sulfonamides is 1. The molecule has 5 rings (SSSR count). The maximum absolute atomic E-state index is 13.5. The van der Waals surface area contributed by atoms with Crippen LogP contribution in [0, 0.1) is 0 Å². The van der Waals surface area contributed by atoms with Crippen LogP contribution in [0.15, 0.2) is 83.8 Å². The lowest BCUT2D eigenvalue weighted by atomic mass is 9.70. The molecule has 1 spiro atoms. The molecule has 0 aromatic heterocycles. The predicted molar refractivity (Wildman–Crippen MR) is 133 cm³/mol. The minimum atomic E-state index is -3.94. The molecule has 0 saturated heterocycles. The number of carbonyl (C=O) groups excluding carboxylic acids is 1. The van der Waals surface area contributed by atoms with Gasteiger partial charge in [0.2, 0.25) is 0 Å². The maximum atomic E-state index is 13.5. The van der Waals surface area contributed by atoms with E-state index in [1.54, 1.807) is 24.3 Å². The zero-order valence-electron chi connectivity index (χ0n) is 19.4. The molecule has 0 radical (unpaired) electrons. The van der Waals surface area contributed by atoms with Crippen molar-refractivity contribution in [3.63, 3.8) is 0 Å². The second kappa shape index (κ2) is 9.54. The summed E-state index contributed by atoms with van der Waals surface area (Å²) >= 11 is 0. The van der Waals surface area contributed by atoms with Crippen molar-refractivity contribution in [1.82, 2.24) is 0 Å². The van der Waals surface area contributed by atoms with Crippen LogP contribution in [0.3, 0.4) is 0 Å². The summed E-state index contributed by atoms with van der Waals surface area (Å²) in [4.78, 5) is 12.3. The number of anilines is 2. The SMILES string of the molecule is O=C(Nc1ccccc1)OC1CCC2(CC1)CN(S(=O)(=O)c1ccc(C(F)F)cc1)c1ccccc12. The average Bonchev–Trinajstić information content (AvgIpc) is 3.21. The number of ether oxygens (including phenoxy) is 1. The van der Waals surface area contributed by atoms with E-state index >= 15 is 0 Å². The molecule has 3 aromatic rings. The Kier molecular flexibility index (Phi) is 6.42. The number of carbonyl (C=O) groups is 1. The van der Waals surface area contributed by atoms with Crippen LogP contribution in [0.1, 0.15) is 43.2 Å². The number of rotatable bonds is 5. The summed E-state index contributed by atoms with van der Waals surface area (Å²) in [6.07, 6.45) is -0.914. The number of nitrogens with zero attached hydrogens (tertiary/aromatic N) is 1. The zero-order valence-corrected chi connectivity index (χ0v) is 20.3. The number of hydrogen-bond donors (Lipinski definition) is 1. The fourth-order valence-electron chi connectivity index (χ4n) is 5.22. The number of hydrogen-bond acceptors (Lipinski definition) is 4. The van der Waals surface area contributed by atoms with Gasteiger partial charge in [0.25, 0.3) is 16.4 Å². The molecule has 188 valence electrons. The number of fused-ring (bicyclic) bond motifs is 2. The van der Waals surface area contributed by atoms with Crippen LogP contribution in [0.5, 0.6) is 0 Å². The molecule has 6 nitrogen and oxygen atoms in total. The van der Waals surface area contributed by atoms with Crippen LogP contribution in [-0.2, 0) is 20.2 Å². The van der Waals surface area contributed by atoms with E-state index in [0.29, 0.717) is 37.1 Å². The highest BCUT2D eigenvalue weighted by atomic mass is 32.2. The summed E-state index contributed by atoms with van der Waals surface area (Å²) in [6.45, 7) is 0.258. The predicted octanol–water partition coefficient (Wildman–Crippen LogP) is 6.26. The number of para-hydroxylation sites is 2.